The molecule has 202 valence electrons. The molecule has 1 aliphatic rings. The maximum absolute atomic E-state index is 13.8. The second-order valence-corrected chi connectivity index (χ2v) is 10.5. The number of benzene rings is 2. The molecule has 38 heavy (non-hydrogen) atoms. The molecule has 0 spiro atoms. The van der Waals surface area contributed by atoms with Crippen molar-refractivity contribution in [2.45, 2.75) is 51.1 Å². The van der Waals surface area contributed by atoms with Crippen molar-refractivity contribution in [1.29, 1.82) is 0 Å². The number of carbonyl (C=O) groups is 2. The molecule has 0 N–H and O–H groups in total. The summed E-state index contributed by atoms with van der Waals surface area (Å²) in [6.45, 7) is 0.837. The lowest BCUT2D eigenvalue weighted by Crippen LogP contribution is -2.48. The van der Waals surface area contributed by atoms with Crippen molar-refractivity contribution in [1.82, 2.24) is 9.80 Å². The van der Waals surface area contributed by atoms with Gasteiger partial charge < -0.3 is 23.7 Å². The lowest BCUT2D eigenvalue weighted by molar-refractivity contribution is -0.133. The number of furan rings is 1. The van der Waals surface area contributed by atoms with Crippen molar-refractivity contribution < 1.29 is 23.5 Å². The van der Waals surface area contributed by atoms with Crippen molar-refractivity contribution in [2.75, 3.05) is 27.3 Å². The smallest absolute Gasteiger partial charge is 0.254 e. The van der Waals surface area contributed by atoms with E-state index in [0.29, 0.717) is 42.3 Å². The molecule has 0 saturated heterocycles. The molecule has 1 aromatic heterocycles. The Hall–Kier alpha value is -3.26. The third kappa shape index (κ3) is 7.19. The van der Waals surface area contributed by atoms with E-state index in [1.807, 2.05) is 54.6 Å². The largest absolute Gasteiger partial charge is 0.493 e. The van der Waals surface area contributed by atoms with E-state index >= 15 is 0 Å². The highest BCUT2D eigenvalue weighted by Crippen LogP contribution is 2.28. The zero-order chi connectivity index (χ0) is 26.9. The molecule has 1 heterocycles. The van der Waals surface area contributed by atoms with Crippen LogP contribution in [0.15, 0.2) is 69.8 Å². The summed E-state index contributed by atoms with van der Waals surface area (Å²) in [6.07, 6.45) is 7.35. The van der Waals surface area contributed by atoms with Crippen LogP contribution in [0.25, 0.3) is 0 Å². The quantitative estimate of drug-likeness (QED) is 0.273. The van der Waals surface area contributed by atoms with E-state index in [-0.39, 0.29) is 24.4 Å². The van der Waals surface area contributed by atoms with Crippen molar-refractivity contribution in [3.8, 4) is 11.5 Å². The first kappa shape index (κ1) is 27.8. The maximum atomic E-state index is 13.8. The first-order valence-electron chi connectivity index (χ1n) is 13.1. The highest BCUT2D eigenvalue weighted by Gasteiger charge is 2.30. The van der Waals surface area contributed by atoms with Crippen molar-refractivity contribution in [2.24, 2.45) is 0 Å². The second-order valence-electron chi connectivity index (χ2n) is 9.57. The van der Waals surface area contributed by atoms with Crippen LogP contribution in [0.1, 0.15) is 53.8 Å². The van der Waals surface area contributed by atoms with Gasteiger partial charge >= 0.3 is 0 Å². The fraction of sp³-hybridized carbons (Fsp3) is 0.400. The van der Waals surface area contributed by atoms with E-state index in [4.69, 9.17) is 13.9 Å². The number of ether oxygens (including phenoxy) is 2. The van der Waals surface area contributed by atoms with Gasteiger partial charge in [-0.15, -0.1) is 0 Å². The summed E-state index contributed by atoms with van der Waals surface area (Å²) in [4.78, 5) is 31.0. The number of nitrogens with zero attached hydrogens (tertiary/aromatic N) is 2. The first-order valence-corrected chi connectivity index (χ1v) is 13.9. The number of halogens is 1. The number of hydrogen-bond acceptors (Lipinski definition) is 5. The summed E-state index contributed by atoms with van der Waals surface area (Å²) in [5, 5.41) is 0. The van der Waals surface area contributed by atoms with E-state index < -0.39 is 0 Å². The van der Waals surface area contributed by atoms with E-state index in [1.165, 1.54) is 6.42 Å². The minimum Gasteiger partial charge on any atom is -0.493 e. The van der Waals surface area contributed by atoms with E-state index in [1.54, 1.807) is 30.3 Å². The van der Waals surface area contributed by atoms with Gasteiger partial charge in [0.2, 0.25) is 5.91 Å². The Morgan fingerprint density at radius 1 is 0.974 bits per heavy atom. The number of methoxy groups -OCH3 is 2. The lowest BCUT2D eigenvalue weighted by Gasteiger charge is -2.35. The molecule has 3 aromatic rings. The van der Waals surface area contributed by atoms with Gasteiger partial charge in [-0.3, -0.25) is 9.59 Å². The summed E-state index contributed by atoms with van der Waals surface area (Å²) in [5.74, 6) is 1.80. The molecule has 1 saturated carbocycles. The highest BCUT2D eigenvalue weighted by atomic mass is 79.9. The minimum absolute atomic E-state index is 0.0304. The summed E-state index contributed by atoms with van der Waals surface area (Å²) in [6, 6.07) is 16.9. The summed E-state index contributed by atoms with van der Waals surface area (Å²) < 4.78 is 17.2. The van der Waals surface area contributed by atoms with Crippen LogP contribution in [0.2, 0.25) is 0 Å². The normalized spacial score (nSPS) is 13.7. The monoisotopic (exact) mass is 582 g/mol. The van der Waals surface area contributed by atoms with Gasteiger partial charge in [-0.2, -0.15) is 0 Å². The standard InChI is InChI=1S/C30H35BrN2O5/c1-36-27-14-13-22(18-28(27)37-2)15-16-32(20-26-12-7-17-38-26)29(34)21-33(25-10-4-3-5-11-25)30(35)23-8-6-9-24(31)19-23/h6-9,12-14,17-19,25H,3-5,10-11,15-16,20-21H2,1-2H3. The molecule has 0 atom stereocenters. The van der Waals surface area contributed by atoms with Crippen LogP contribution >= 0.6 is 15.9 Å². The molecule has 1 aliphatic carbocycles. The third-order valence-corrected chi connectivity index (χ3v) is 7.54. The van der Waals surface area contributed by atoms with Crippen LogP contribution in [0.4, 0.5) is 0 Å². The predicted molar refractivity (Wildman–Crippen MR) is 149 cm³/mol. The maximum Gasteiger partial charge on any atom is 0.254 e. The Morgan fingerprint density at radius 3 is 2.45 bits per heavy atom. The van der Waals surface area contributed by atoms with E-state index in [2.05, 4.69) is 15.9 Å². The molecule has 0 unspecified atom stereocenters. The Morgan fingerprint density at radius 2 is 1.76 bits per heavy atom. The Labute approximate surface area is 232 Å². The molecule has 0 bridgehead atoms. The van der Waals surface area contributed by atoms with Crippen molar-refractivity contribution in [3.05, 3.63) is 82.2 Å². The average Bonchev–Trinajstić information content (AvgIpc) is 3.47. The Bertz CT molecular complexity index is 1210. The summed E-state index contributed by atoms with van der Waals surface area (Å²) in [7, 11) is 3.21. The van der Waals surface area contributed by atoms with Gasteiger partial charge in [0.15, 0.2) is 11.5 Å². The second kappa shape index (κ2) is 13.5. The van der Waals surface area contributed by atoms with Crippen molar-refractivity contribution >= 4 is 27.7 Å². The lowest BCUT2D eigenvalue weighted by atomic mass is 9.93. The van der Waals surface area contributed by atoms with Gasteiger partial charge in [-0.05, 0) is 67.3 Å². The van der Waals surface area contributed by atoms with Crippen LogP contribution in [0, 0.1) is 0 Å². The van der Waals surface area contributed by atoms with Gasteiger partial charge in [-0.1, -0.05) is 47.3 Å². The predicted octanol–water partition coefficient (Wildman–Crippen LogP) is 6.11. The first-order chi connectivity index (χ1) is 18.5. The van der Waals surface area contributed by atoms with Crippen LogP contribution in [-0.4, -0.2) is 55.0 Å². The van der Waals surface area contributed by atoms with E-state index in [0.717, 1.165) is 35.7 Å². The topological polar surface area (TPSA) is 72.2 Å². The SMILES string of the molecule is COc1ccc(CCN(Cc2ccco2)C(=O)CN(C(=O)c2cccc(Br)c2)C2CCCCC2)cc1OC. The number of rotatable bonds is 11. The zero-order valence-corrected chi connectivity index (χ0v) is 23.6. The number of carbonyl (C=O) groups excluding carboxylic acids is 2. The zero-order valence-electron chi connectivity index (χ0n) is 22.0. The Balaban J connectivity index is 1.54. The number of hydrogen-bond donors (Lipinski definition) is 0. The van der Waals surface area contributed by atoms with Gasteiger partial charge in [0, 0.05) is 22.6 Å². The third-order valence-electron chi connectivity index (χ3n) is 7.05. The van der Waals surface area contributed by atoms with E-state index in [9.17, 15) is 9.59 Å². The minimum atomic E-state index is -0.107. The van der Waals surface area contributed by atoms with Crippen LogP contribution in [0.3, 0.4) is 0 Å². The van der Waals surface area contributed by atoms with Crippen LogP contribution in [-0.2, 0) is 17.8 Å². The molecule has 0 radical (unpaired) electrons. The van der Waals surface area contributed by atoms with Gasteiger partial charge in [-0.25, -0.2) is 0 Å². The Kier molecular flexibility index (Phi) is 9.87. The van der Waals surface area contributed by atoms with Crippen LogP contribution in [0.5, 0.6) is 11.5 Å². The molecule has 2 amide bonds. The van der Waals surface area contributed by atoms with Gasteiger partial charge in [0.1, 0.15) is 12.3 Å². The van der Waals surface area contributed by atoms with Gasteiger partial charge in [0.25, 0.3) is 5.91 Å². The summed E-state index contributed by atoms with van der Waals surface area (Å²) in [5.41, 5.74) is 1.61. The summed E-state index contributed by atoms with van der Waals surface area (Å²) >= 11 is 3.47. The molecule has 1 fully saturated rings. The van der Waals surface area contributed by atoms with Crippen molar-refractivity contribution in [3.63, 3.8) is 0 Å². The molecule has 2 aromatic carbocycles. The molecular weight excluding hydrogens is 548 g/mol. The molecule has 8 heteroatoms. The molecule has 0 aliphatic heterocycles. The van der Waals surface area contributed by atoms with Gasteiger partial charge in [0.05, 0.1) is 27.0 Å². The average molecular weight is 584 g/mol. The molecular formula is C30H35BrN2O5. The molecule has 4 rings (SSSR count). The van der Waals surface area contributed by atoms with Crippen LogP contribution < -0.4 is 9.47 Å². The highest BCUT2D eigenvalue weighted by molar-refractivity contribution is 9.10. The number of amides is 2. The fourth-order valence-electron chi connectivity index (χ4n) is 4.98. The molecule has 7 nitrogen and oxygen atoms in total. The fourth-order valence-corrected chi connectivity index (χ4v) is 5.37.